The second-order valence-electron chi connectivity index (χ2n) is 4.52. The summed E-state index contributed by atoms with van der Waals surface area (Å²) >= 11 is 0. The van der Waals surface area contributed by atoms with Gasteiger partial charge in [-0.3, -0.25) is 4.99 Å². The van der Waals surface area contributed by atoms with E-state index in [0.717, 1.165) is 12.1 Å². The largest absolute Gasteiger partial charge is 0.573 e. The van der Waals surface area contributed by atoms with Gasteiger partial charge in [-0.15, -0.1) is 43.7 Å². The summed E-state index contributed by atoms with van der Waals surface area (Å²) in [5.74, 6) is 0.182. The zero-order chi connectivity index (χ0) is 17.3. The summed E-state index contributed by atoms with van der Waals surface area (Å²) < 4.78 is 40.0. The Hall–Kier alpha value is -1.49. The number of halogens is 4. The van der Waals surface area contributed by atoms with E-state index in [1.165, 1.54) is 12.1 Å². The van der Waals surface area contributed by atoms with Crippen molar-refractivity contribution in [3.63, 3.8) is 0 Å². The van der Waals surface area contributed by atoms with Gasteiger partial charge in [0.05, 0.1) is 12.6 Å². The molecular formula is C15H21F3IN3O2. The lowest BCUT2D eigenvalue weighted by Gasteiger charge is -2.13. The van der Waals surface area contributed by atoms with Crippen molar-refractivity contribution in [3.05, 3.63) is 42.5 Å². The first kappa shape index (κ1) is 22.5. The van der Waals surface area contributed by atoms with Crippen LogP contribution in [0.5, 0.6) is 5.75 Å². The molecule has 9 heteroatoms. The van der Waals surface area contributed by atoms with E-state index in [4.69, 9.17) is 0 Å². The highest BCUT2D eigenvalue weighted by molar-refractivity contribution is 14.0. The molecule has 136 valence electrons. The minimum Gasteiger partial charge on any atom is -0.406 e. The predicted octanol–water partition coefficient (Wildman–Crippen LogP) is 2.98. The Morgan fingerprint density at radius 3 is 2.46 bits per heavy atom. The number of benzene rings is 1. The molecule has 0 aliphatic rings. The third-order valence-electron chi connectivity index (χ3n) is 2.68. The van der Waals surface area contributed by atoms with Crippen molar-refractivity contribution >= 4 is 29.9 Å². The molecule has 3 N–H and O–H groups in total. The maximum absolute atomic E-state index is 12.1. The molecule has 1 atom stereocenters. The number of hydrogen-bond acceptors (Lipinski definition) is 3. The summed E-state index contributed by atoms with van der Waals surface area (Å²) in [6.45, 7) is 6.72. The quantitative estimate of drug-likeness (QED) is 0.254. The molecule has 1 aromatic carbocycles. The highest BCUT2D eigenvalue weighted by Crippen LogP contribution is 2.24. The highest BCUT2D eigenvalue weighted by atomic mass is 127. The molecule has 0 aromatic heterocycles. The summed E-state index contributed by atoms with van der Waals surface area (Å²) in [6.07, 6.45) is -4.00. The molecule has 0 fully saturated rings. The molecule has 24 heavy (non-hydrogen) atoms. The first-order chi connectivity index (χ1) is 10.9. The van der Waals surface area contributed by atoms with Crippen LogP contribution in [-0.4, -0.2) is 37.1 Å². The normalized spacial score (nSPS) is 12.8. The van der Waals surface area contributed by atoms with Crippen LogP contribution < -0.4 is 15.4 Å². The third-order valence-corrected chi connectivity index (χ3v) is 2.68. The molecule has 0 aliphatic heterocycles. The minimum atomic E-state index is -4.73. The van der Waals surface area contributed by atoms with Gasteiger partial charge in [0, 0.05) is 13.1 Å². The fraction of sp³-hybridized carbons (Fsp3) is 0.400. The Morgan fingerprint density at radius 2 is 1.96 bits per heavy atom. The van der Waals surface area contributed by atoms with Gasteiger partial charge in [-0.05, 0) is 24.6 Å². The van der Waals surface area contributed by atoms with E-state index in [-0.39, 0.29) is 36.3 Å². The Kier molecular flexibility index (Phi) is 10.4. The third kappa shape index (κ3) is 8.96. The molecule has 0 amide bonds. The number of nitrogens with zero attached hydrogens (tertiary/aromatic N) is 1. The van der Waals surface area contributed by atoms with Crippen LogP contribution in [0.2, 0.25) is 0 Å². The minimum absolute atomic E-state index is 0. The van der Waals surface area contributed by atoms with Crippen molar-refractivity contribution in [1.29, 1.82) is 0 Å². The molecule has 0 saturated heterocycles. The van der Waals surface area contributed by atoms with Gasteiger partial charge in [-0.1, -0.05) is 18.2 Å². The van der Waals surface area contributed by atoms with E-state index >= 15 is 0 Å². The number of rotatable bonds is 7. The number of nitrogens with one attached hydrogen (secondary N) is 2. The smallest absolute Gasteiger partial charge is 0.406 e. The Morgan fingerprint density at radius 1 is 1.33 bits per heavy atom. The number of aliphatic hydroxyl groups is 1. The lowest BCUT2D eigenvalue weighted by Crippen LogP contribution is -2.37. The SMILES string of the molecule is C=CCNC(=NCC(O)c1ccc(OC(F)(F)F)cc1)NCC.I. The molecule has 1 aromatic rings. The van der Waals surface area contributed by atoms with Gasteiger partial charge >= 0.3 is 6.36 Å². The van der Waals surface area contributed by atoms with E-state index in [9.17, 15) is 18.3 Å². The van der Waals surface area contributed by atoms with Gasteiger partial charge in [0.15, 0.2) is 5.96 Å². The van der Waals surface area contributed by atoms with Gasteiger partial charge in [0.2, 0.25) is 0 Å². The lowest BCUT2D eigenvalue weighted by atomic mass is 10.1. The summed E-state index contributed by atoms with van der Waals surface area (Å²) in [5, 5.41) is 16.0. The molecule has 0 radical (unpaired) electrons. The standard InChI is InChI=1S/C15H20F3N3O2.HI/c1-3-9-20-14(19-4-2)21-10-13(22)11-5-7-12(8-6-11)23-15(16,17)18;/h3,5-8,13,22H,1,4,9-10H2,2H3,(H2,19,20,21);1H. The van der Waals surface area contributed by atoms with Crippen LogP contribution in [0.4, 0.5) is 13.2 Å². The Labute approximate surface area is 156 Å². The van der Waals surface area contributed by atoms with E-state index in [1.807, 2.05) is 6.92 Å². The van der Waals surface area contributed by atoms with Gasteiger partial charge in [-0.2, -0.15) is 0 Å². The van der Waals surface area contributed by atoms with Crippen molar-refractivity contribution in [2.75, 3.05) is 19.6 Å². The predicted molar refractivity (Wildman–Crippen MR) is 97.7 cm³/mol. The van der Waals surface area contributed by atoms with E-state index in [2.05, 4.69) is 26.9 Å². The van der Waals surface area contributed by atoms with E-state index in [0.29, 0.717) is 24.6 Å². The first-order valence-corrected chi connectivity index (χ1v) is 7.02. The number of ether oxygens (including phenoxy) is 1. The fourth-order valence-corrected chi connectivity index (χ4v) is 1.69. The summed E-state index contributed by atoms with van der Waals surface area (Å²) in [7, 11) is 0. The van der Waals surface area contributed by atoms with Crippen LogP contribution in [-0.2, 0) is 0 Å². The first-order valence-electron chi connectivity index (χ1n) is 7.02. The number of guanidine groups is 1. The lowest BCUT2D eigenvalue weighted by molar-refractivity contribution is -0.274. The molecule has 5 nitrogen and oxygen atoms in total. The summed E-state index contributed by atoms with van der Waals surface area (Å²) in [6, 6.07) is 5.03. The monoisotopic (exact) mass is 459 g/mol. The van der Waals surface area contributed by atoms with E-state index < -0.39 is 12.5 Å². The molecular weight excluding hydrogens is 438 g/mol. The van der Waals surface area contributed by atoms with Crippen LogP contribution >= 0.6 is 24.0 Å². The zero-order valence-electron chi connectivity index (χ0n) is 13.1. The highest BCUT2D eigenvalue weighted by Gasteiger charge is 2.31. The van der Waals surface area contributed by atoms with Crippen molar-refractivity contribution in [2.24, 2.45) is 4.99 Å². The van der Waals surface area contributed by atoms with Crippen LogP contribution in [0.3, 0.4) is 0 Å². The van der Waals surface area contributed by atoms with Crippen LogP contribution in [0, 0.1) is 0 Å². The second-order valence-corrected chi connectivity index (χ2v) is 4.52. The number of aliphatic hydroxyl groups excluding tert-OH is 1. The molecule has 0 saturated carbocycles. The van der Waals surface area contributed by atoms with Crippen molar-refractivity contribution in [1.82, 2.24) is 10.6 Å². The van der Waals surface area contributed by atoms with Gasteiger partial charge in [-0.25, -0.2) is 0 Å². The topological polar surface area (TPSA) is 65.9 Å². The van der Waals surface area contributed by atoms with Crippen molar-refractivity contribution < 1.29 is 23.0 Å². The van der Waals surface area contributed by atoms with Crippen LogP contribution in [0.15, 0.2) is 41.9 Å². The average molecular weight is 459 g/mol. The summed E-state index contributed by atoms with van der Waals surface area (Å²) in [5.41, 5.74) is 0.447. The molecule has 0 bridgehead atoms. The molecule has 1 unspecified atom stereocenters. The van der Waals surface area contributed by atoms with Crippen LogP contribution in [0.1, 0.15) is 18.6 Å². The molecule has 0 heterocycles. The Balaban J connectivity index is 0.00000529. The molecule has 1 rings (SSSR count). The number of alkyl halides is 3. The van der Waals surface area contributed by atoms with Gasteiger partial charge in [0.1, 0.15) is 5.75 Å². The Bertz CT molecular complexity index is 522. The second kappa shape index (κ2) is 11.1. The van der Waals surface area contributed by atoms with Crippen LogP contribution in [0.25, 0.3) is 0 Å². The maximum Gasteiger partial charge on any atom is 0.573 e. The summed E-state index contributed by atoms with van der Waals surface area (Å²) in [4.78, 5) is 4.19. The number of hydrogen-bond donors (Lipinski definition) is 3. The van der Waals surface area contributed by atoms with Gasteiger partial charge in [0.25, 0.3) is 0 Å². The molecule has 0 aliphatic carbocycles. The fourth-order valence-electron chi connectivity index (χ4n) is 1.69. The van der Waals surface area contributed by atoms with Gasteiger partial charge < -0.3 is 20.5 Å². The molecule has 0 spiro atoms. The maximum atomic E-state index is 12.1. The number of aliphatic imine (C=N–C) groups is 1. The van der Waals surface area contributed by atoms with E-state index in [1.54, 1.807) is 6.08 Å². The van der Waals surface area contributed by atoms with Crippen molar-refractivity contribution in [2.45, 2.75) is 19.4 Å². The average Bonchev–Trinajstić information content (AvgIpc) is 2.49. The zero-order valence-corrected chi connectivity index (χ0v) is 15.5. The van der Waals surface area contributed by atoms with Crippen molar-refractivity contribution in [3.8, 4) is 5.75 Å².